The molecule has 8 heteroatoms. The zero-order chi connectivity index (χ0) is 21.5. The summed E-state index contributed by atoms with van der Waals surface area (Å²) in [5, 5.41) is 3.18. The summed E-state index contributed by atoms with van der Waals surface area (Å²) < 4.78 is 45.6. The van der Waals surface area contributed by atoms with Gasteiger partial charge in [0.2, 0.25) is 10.0 Å². The lowest BCUT2D eigenvalue weighted by molar-refractivity contribution is 0.0964. The number of anilines is 1. The molecule has 0 spiro atoms. The van der Waals surface area contributed by atoms with Crippen molar-refractivity contribution in [3.63, 3.8) is 0 Å². The van der Waals surface area contributed by atoms with Crippen molar-refractivity contribution in [2.24, 2.45) is 0 Å². The Morgan fingerprint density at radius 1 is 1.20 bits per heavy atom. The van der Waals surface area contributed by atoms with Gasteiger partial charge in [-0.05, 0) is 48.7 Å². The molecule has 0 radical (unpaired) electrons. The van der Waals surface area contributed by atoms with Gasteiger partial charge in [-0.3, -0.25) is 9.10 Å². The molecule has 1 aliphatic heterocycles. The van der Waals surface area contributed by atoms with Crippen LogP contribution in [0.2, 0.25) is 0 Å². The summed E-state index contributed by atoms with van der Waals surface area (Å²) in [6.45, 7) is 0.357. The maximum absolute atomic E-state index is 13.4. The van der Waals surface area contributed by atoms with E-state index in [2.05, 4.69) is 5.32 Å². The maximum Gasteiger partial charge on any atom is 0.255 e. The fourth-order valence-corrected chi connectivity index (χ4v) is 4.66. The van der Waals surface area contributed by atoms with Gasteiger partial charge in [0, 0.05) is 30.6 Å². The van der Waals surface area contributed by atoms with E-state index >= 15 is 0 Å². The van der Waals surface area contributed by atoms with Gasteiger partial charge in [-0.25, -0.2) is 12.8 Å². The van der Waals surface area contributed by atoms with Gasteiger partial charge in [0.15, 0.2) is 0 Å². The summed E-state index contributed by atoms with van der Waals surface area (Å²) in [5.41, 5.74) is 2.44. The molecule has 0 aliphatic carbocycles. The third-order valence-electron chi connectivity index (χ3n) is 5.10. The smallest absolute Gasteiger partial charge is 0.255 e. The van der Waals surface area contributed by atoms with Crippen LogP contribution in [-0.2, 0) is 10.0 Å². The van der Waals surface area contributed by atoms with Crippen LogP contribution in [0, 0.1) is 5.82 Å². The summed E-state index contributed by atoms with van der Waals surface area (Å²) >= 11 is 0. The van der Waals surface area contributed by atoms with Crippen molar-refractivity contribution in [3.05, 3.63) is 59.4 Å². The van der Waals surface area contributed by atoms with E-state index in [1.54, 1.807) is 12.1 Å². The van der Waals surface area contributed by atoms with Gasteiger partial charge in [0.05, 0.1) is 17.5 Å². The highest BCUT2D eigenvalue weighted by Gasteiger charge is 2.26. The summed E-state index contributed by atoms with van der Waals surface area (Å²) in [6, 6.07) is 9.09. The quantitative estimate of drug-likeness (QED) is 0.679. The topological polar surface area (TPSA) is 79.6 Å². The van der Waals surface area contributed by atoms with Gasteiger partial charge in [0.25, 0.3) is 5.91 Å². The van der Waals surface area contributed by atoms with Gasteiger partial charge in [-0.1, -0.05) is 12.2 Å². The van der Waals surface area contributed by atoms with Gasteiger partial charge in [0.1, 0.15) is 17.2 Å². The number of furan rings is 1. The van der Waals surface area contributed by atoms with Crippen LogP contribution in [0.3, 0.4) is 0 Å². The molecule has 0 unspecified atom stereocenters. The molecule has 0 saturated heterocycles. The van der Waals surface area contributed by atoms with Crippen LogP contribution in [0.4, 0.5) is 10.1 Å². The minimum atomic E-state index is -3.49. The lowest BCUT2D eigenvalue weighted by Gasteiger charge is -2.25. The number of carbonyl (C=O) groups excluding carboxylic acids is 1. The Balaban J connectivity index is 2.02. The lowest BCUT2D eigenvalue weighted by Crippen LogP contribution is -2.31. The number of carbonyl (C=O) groups is 1. The second-order valence-corrected chi connectivity index (χ2v) is 9.09. The van der Waals surface area contributed by atoms with E-state index in [9.17, 15) is 17.6 Å². The van der Waals surface area contributed by atoms with Crippen molar-refractivity contribution in [2.75, 3.05) is 24.2 Å². The average Bonchev–Trinajstić information content (AvgIpc) is 3.05. The van der Waals surface area contributed by atoms with Crippen LogP contribution < -0.4 is 9.62 Å². The Morgan fingerprint density at radius 3 is 2.60 bits per heavy atom. The SMILES string of the molecule is CNC(=O)c1c(-c2ccc(F)cc2)oc2cc3c(cc12)C=CCCCN3S(C)(=O)=O. The highest BCUT2D eigenvalue weighted by molar-refractivity contribution is 7.92. The average molecular weight is 428 g/mol. The Morgan fingerprint density at radius 2 is 1.93 bits per heavy atom. The van der Waals surface area contributed by atoms with Crippen LogP contribution in [-0.4, -0.2) is 34.2 Å². The molecule has 0 fully saturated rings. The normalized spacial score (nSPS) is 14.3. The molecule has 0 saturated carbocycles. The minimum Gasteiger partial charge on any atom is -0.455 e. The van der Waals surface area contributed by atoms with Gasteiger partial charge in [-0.15, -0.1) is 0 Å². The zero-order valence-corrected chi connectivity index (χ0v) is 17.4. The number of sulfonamides is 1. The van der Waals surface area contributed by atoms with Crippen LogP contribution in [0.25, 0.3) is 28.4 Å². The number of allylic oxidation sites excluding steroid dienone is 1. The first kappa shape index (κ1) is 20.2. The predicted octanol–water partition coefficient (Wildman–Crippen LogP) is 4.17. The Labute approximate surface area is 174 Å². The Kier molecular flexibility index (Phi) is 5.11. The van der Waals surface area contributed by atoms with Crippen molar-refractivity contribution in [1.29, 1.82) is 0 Å². The highest BCUT2D eigenvalue weighted by atomic mass is 32.2. The number of benzene rings is 2. The number of fused-ring (bicyclic) bond motifs is 2. The monoisotopic (exact) mass is 428 g/mol. The third-order valence-corrected chi connectivity index (χ3v) is 6.28. The van der Waals surface area contributed by atoms with Crippen LogP contribution >= 0.6 is 0 Å². The first-order chi connectivity index (χ1) is 14.3. The van der Waals surface area contributed by atoms with E-state index in [0.29, 0.717) is 52.1 Å². The second kappa shape index (κ2) is 7.60. The molecular formula is C22H21FN2O4S. The number of hydrogen-bond donors (Lipinski definition) is 1. The molecule has 1 aromatic heterocycles. The fraction of sp³-hybridized carbons (Fsp3) is 0.227. The number of rotatable bonds is 3. The molecule has 4 rings (SSSR count). The van der Waals surface area contributed by atoms with E-state index in [0.717, 1.165) is 6.42 Å². The number of nitrogens with one attached hydrogen (secondary N) is 1. The van der Waals surface area contributed by atoms with Crippen molar-refractivity contribution in [1.82, 2.24) is 5.32 Å². The van der Waals surface area contributed by atoms with Gasteiger partial charge in [-0.2, -0.15) is 0 Å². The number of halogens is 1. The maximum atomic E-state index is 13.4. The molecule has 2 heterocycles. The number of hydrogen-bond acceptors (Lipinski definition) is 4. The molecule has 2 aromatic carbocycles. The van der Waals surface area contributed by atoms with Crippen molar-refractivity contribution in [2.45, 2.75) is 12.8 Å². The Bertz CT molecular complexity index is 1260. The van der Waals surface area contributed by atoms with Crippen LogP contribution in [0.1, 0.15) is 28.8 Å². The molecule has 0 atom stereocenters. The molecule has 3 aromatic rings. The minimum absolute atomic E-state index is 0.303. The number of amides is 1. The van der Waals surface area contributed by atoms with Gasteiger partial charge < -0.3 is 9.73 Å². The molecule has 30 heavy (non-hydrogen) atoms. The largest absolute Gasteiger partial charge is 0.455 e. The van der Waals surface area contributed by atoms with E-state index in [1.165, 1.54) is 41.9 Å². The first-order valence-electron chi connectivity index (χ1n) is 9.52. The standard InChI is InChI=1S/C22H21FN2O4S/c1-24-22(26)20-17-12-15-6-4-3-5-11-25(30(2,27)28)18(15)13-19(17)29-21(20)14-7-9-16(23)10-8-14/h4,6-10,12-13H,3,5,11H2,1-2H3,(H,24,26). The lowest BCUT2D eigenvalue weighted by atomic mass is 10.0. The van der Waals surface area contributed by atoms with Crippen molar-refractivity contribution >= 4 is 38.7 Å². The Hall–Kier alpha value is -3.13. The summed E-state index contributed by atoms with van der Waals surface area (Å²) in [5.74, 6) is -0.437. The second-order valence-electron chi connectivity index (χ2n) is 7.18. The third kappa shape index (κ3) is 3.59. The van der Waals surface area contributed by atoms with E-state index in [4.69, 9.17) is 4.42 Å². The summed E-state index contributed by atoms with van der Waals surface area (Å²) in [6.07, 6.45) is 6.48. The summed E-state index contributed by atoms with van der Waals surface area (Å²) in [7, 11) is -1.97. The van der Waals surface area contributed by atoms with Crippen LogP contribution in [0.15, 0.2) is 46.9 Å². The van der Waals surface area contributed by atoms with Crippen LogP contribution in [0.5, 0.6) is 0 Å². The van der Waals surface area contributed by atoms with Crippen molar-refractivity contribution in [3.8, 4) is 11.3 Å². The molecule has 156 valence electrons. The first-order valence-corrected chi connectivity index (χ1v) is 11.4. The molecule has 1 amide bonds. The van der Waals surface area contributed by atoms with Crippen molar-refractivity contribution < 1.29 is 22.0 Å². The zero-order valence-electron chi connectivity index (χ0n) is 16.6. The molecule has 0 bridgehead atoms. The molecule has 1 N–H and O–H groups in total. The van der Waals surface area contributed by atoms with E-state index in [1.807, 2.05) is 12.2 Å². The highest BCUT2D eigenvalue weighted by Crippen LogP contribution is 2.39. The molecular weight excluding hydrogens is 407 g/mol. The predicted molar refractivity (Wildman–Crippen MR) is 115 cm³/mol. The summed E-state index contributed by atoms with van der Waals surface area (Å²) in [4.78, 5) is 12.7. The van der Waals surface area contributed by atoms with E-state index in [-0.39, 0.29) is 5.91 Å². The number of nitrogens with zero attached hydrogens (tertiary/aromatic N) is 1. The van der Waals surface area contributed by atoms with Gasteiger partial charge >= 0.3 is 0 Å². The molecule has 6 nitrogen and oxygen atoms in total. The van der Waals surface area contributed by atoms with E-state index < -0.39 is 15.8 Å². The molecule has 1 aliphatic rings. The fourth-order valence-electron chi connectivity index (χ4n) is 3.68.